The number of thiazole rings is 1. The lowest BCUT2D eigenvalue weighted by atomic mass is 10.3. The van der Waals surface area contributed by atoms with E-state index in [4.69, 9.17) is 9.47 Å². The largest absolute Gasteiger partial charge is 0.486 e. The summed E-state index contributed by atoms with van der Waals surface area (Å²) in [4.78, 5) is 6.57. The van der Waals surface area contributed by atoms with Crippen LogP contribution in [0.25, 0.3) is 0 Å². The molecule has 0 aliphatic carbocycles. The molecule has 1 N–H and O–H groups in total. The lowest BCUT2D eigenvalue weighted by Gasteiger charge is -2.20. The van der Waals surface area contributed by atoms with Gasteiger partial charge < -0.3 is 14.4 Å². The molecule has 2 aliphatic heterocycles. The summed E-state index contributed by atoms with van der Waals surface area (Å²) in [5.41, 5.74) is 0. The third-order valence-corrected chi connectivity index (χ3v) is 6.37. The second-order valence-electron chi connectivity index (χ2n) is 5.67. The molecule has 1 aromatic carbocycles. The maximum Gasteiger partial charge on any atom is 0.241 e. The molecule has 1 atom stereocenters. The van der Waals surface area contributed by atoms with E-state index >= 15 is 0 Å². The highest BCUT2D eigenvalue weighted by Crippen LogP contribution is 2.32. The van der Waals surface area contributed by atoms with Crippen LogP contribution in [-0.2, 0) is 10.0 Å². The van der Waals surface area contributed by atoms with Gasteiger partial charge in [0.1, 0.15) is 13.2 Å². The highest BCUT2D eigenvalue weighted by atomic mass is 32.2. The summed E-state index contributed by atoms with van der Waals surface area (Å²) >= 11 is 1.56. The van der Waals surface area contributed by atoms with Crippen LogP contribution in [0.4, 0.5) is 5.13 Å². The molecule has 0 bridgehead atoms. The minimum absolute atomic E-state index is 0.132. The average Bonchev–Trinajstić information content (AvgIpc) is 3.25. The SMILES string of the molecule is O=S(=O)(NC1CCN(c2nccs2)C1)c1ccc2c(c1)OCCO2. The summed E-state index contributed by atoms with van der Waals surface area (Å²) in [5, 5.41) is 2.85. The Morgan fingerprint density at radius 1 is 1.25 bits per heavy atom. The number of aromatic nitrogens is 1. The first-order valence-electron chi connectivity index (χ1n) is 7.68. The fourth-order valence-electron chi connectivity index (χ4n) is 2.88. The Bertz CT molecular complexity index is 823. The maximum atomic E-state index is 12.6. The molecule has 9 heteroatoms. The number of anilines is 1. The molecule has 4 rings (SSSR count). The standard InChI is InChI=1S/C15H17N3O4S2/c19-24(20,12-1-2-13-14(9-12)22-7-6-21-13)17-11-3-5-18(10-11)15-16-4-8-23-15/h1-2,4,8-9,11,17H,3,5-7,10H2. The molecule has 1 fully saturated rings. The Kier molecular flexibility index (Phi) is 4.07. The average molecular weight is 367 g/mol. The van der Waals surface area contributed by atoms with Crippen LogP contribution >= 0.6 is 11.3 Å². The number of benzene rings is 1. The third-order valence-electron chi connectivity index (χ3n) is 4.02. The molecule has 0 saturated carbocycles. The minimum atomic E-state index is -3.60. The smallest absolute Gasteiger partial charge is 0.241 e. The molecule has 1 saturated heterocycles. The first-order chi connectivity index (χ1) is 11.6. The maximum absolute atomic E-state index is 12.6. The van der Waals surface area contributed by atoms with Crippen LogP contribution in [0, 0.1) is 0 Å². The Labute approximate surface area is 144 Å². The first-order valence-corrected chi connectivity index (χ1v) is 10.0. The lowest BCUT2D eigenvalue weighted by Crippen LogP contribution is -2.37. The van der Waals surface area contributed by atoms with Crippen molar-refractivity contribution in [3.05, 3.63) is 29.8 Å². The quantitative estimate of drug-likeness (QED) is 0.881. The molecule has 0 amide bonds. The summed E-state index contributed by atoms with van der Waals surface area (Å²) in [6.07, 6.45) is 2.51. The Balaban J connectivity index is 1.48. The van der Waals surface area contributed by atoms with Crippen molar-refractivity contribution in [1.82, 2.24) is 9.71 Å². The van der Waals surface area contributed by atoms with Crippen molar-refractivity contribution < 1.29 is 17.9 Å². The van der Waals surface area contributed by atoms with Crippen LogP contribution in [-0.4, -0.2) is 45.7 Å². The van der Waals surface area contributed by atoms with Crippen LogP contribution in [0.5, 0.6) is 11.5 Å². The zero-order valence-electron chi connectivity index (χ0n) is 12.8. The number of rotatable bonds is 4. The number of fused-ring (bicyclic) bond motifs is 1. The van der Waals surface area contributed by atoms with Crippen LogP contribution in [0.3, 0.4) is 0 Å². The van der Waals surface area contributed by atoms with Gasteiger partial charge in [-0.3, -0.25) is 0 Å². The Morgan fingerprint density at radius 3 is 2.88 bits per heavy atom. The fraction of sp³-hybridized carbons (Fsp3) is 0.400. The molecule has 24 heavy (non-hydrogen) atoms. The van der Waals surface area contributed by atoms with E-state index in [0.717, 1.165) is 18.1 Å². The monoisotopic (exact) mass is 367 g/mol. The van der Waals surface area contributed by atoms with Crippen molar-refractivity contribution in [2.75, 3.05) is 31.2 Å². The van der Waals surface area contributed by atoms with E-state index in [-0.39, 0.29) is 10.9 Å². The lowest BCUT2D eigenvalue weighted by molar-refractivity contribution is 0.171. The van der Waals surface area contributed by atoms with Crippen molar-refractivity contribution in [2.24, 2.45) is 0 Å². The molecule has 3 heterocycles. The molecule has 0 spiro atoms. The zero-order valence-corrected chi connectivity index (χ0v) is 14.5. The number of hydrogen-bond acceptors (Lipinski definition) is 7. The summed E-state index contributed by atoms with van der Waals surface area (Å²) in [5.74, 6) is 1.05. The highest BCUT2D eigenvalue weighted by Gasteiger charge is 2.29. The third kappa shape index (κ3) is 3.06. The van der Waals surface area contributed by atoms with Crippen molar-refractivity contribution in [3.8, 4) is 11.5 Å². The zero-order chi connectivity index (χ0) is 16.6. The number of nitrogens with zero attached hydrogens (tertiary/aromatic N) is 2. The highest BCUT2D eigenvalue weighted by molar-refractivity contribution is 7.89. The molecule has 1 unspecified atom stereocenters. The van der Waals surface area contributed by atoms with Gasteiger partial charge >= 0.3 is 0 Å². The van der Waals surface area contributed by atoms with E-state index in [1.165, 1.54) is 6.07 Å². The Hall–Kier alpha value is -1.84. The van der Waals surface area contributed by atoms with Crippen LogP contribution in [0.1, 0.15) is 6.42 Å². The minimum Gasteiger partial charge on any atom is -0.486 e. The summed E-state index contributed by atoms with van der Waals surface area (Å²) in [6, 6.07) is 4.57. The van der Waals surface area contributed by atoms with Crippen LogP contribution < -0.4 is 19.1 Å². The van der Waals surface area contributed by atoms with Crippen molar-refractivity contribution in [2.45, 2.75) is 17.4 Å². The summed E-state index contributed by atoms with van der Waals surface area (Å²) in [7, 11) is -3.60. The number of hydrogen-bond donors (Lipinski definition) is 1. The fourth-order valence-corrected chi connectivity index (χ4v) is 4.84. The molecular formula is C15H17N3O4S2. The second kappa shape index (κ2) is 6.23. The van der Waals surface area contributed by atoms with Gasteiger partial charge in [-0.25, -0.2) is 18.1 Å². The van der Waals surface area contributed by atoms with Crippen molar-refractivity contribution >= 4 is 26.5 Å². The predicted molar refractivity (Wildman–Crippen MR) is 90.5 cm³/mol. The number of nitrogens with one attached hydrogen (secondary N) is 1. The van der Waals surface area contributed by atoms with Crippen molar-refractivity contribution in [3.63, 3.8) is 0 Å². The van der Waals surface area contributed by atoms with Gasteiger partial charge in [0, 0.05) is 36.8 Å². The number of ether oxygens (including phenoxy) is 2. The number of sulfonamides is 1. The topological polar surface area (TPSA) is 80.8 Å². The molecule has 2 aliphatic rings. The van der Waals surface area contributed by atoms with Crippen LogP contribution in [0.2, 0.25) is 0 Å². The van der Waals surface area contributed by atoms with Crippen LogP contribution in [0.15, 0.2) is 34.7 Å². The summed E-state index contributed by atoms with van der Waals surface area (Å²) < 4.78 is 38.9. The van der Waals surface area contributed by atoms with Gasteiger partial charge in [0.2, 0.25) is 10.0 Å². The van der Waals surface area contributed by atoms with Gasteiger partial charge in [-0.1, -0.05) is 0 Å². The molecule has 2 aromatic rings. The van der Waals surface area contributed by atoms with E-state index in [1.807, 2.05) is 5.38 Å². The molecular weight excluding hydrogens is 350 g/mol. The van der Waals surface area contributed by atoms with Gasteiger partial charge in [0.05, 0.1) is 4.90 Å². The second-order valence-corrected chi connectivity index (χ2v) is 8.26. The summed E-state index contributed by atoms with van der Waals surface area (Å²) in [6.45, 7) is 2.32. The Morgan fingerprint density at radius 2 is 2.08 bits per heavy atom. The normalized spacial score (nSPS) is 20.3. The van der Waals surface area contributed by atoms with E-state index in [2.05, 4.69) is 14.6 Å². The first kappa shape index (κ1) is 15.7. The molecule has 128 valence electrons. The molecule has 7 nitrogen and oxygen atoms in total. The van der Waals surface area contributed by atoms with Gasteiger partial charge in [0.25, 0.3) is 0 Å². The van der Waals surface area contributed by atoms with Gasteiger partial charge in [-0.05, 0) is 18.6 Å². The van der Waals surface area contributed by atoms with Gasteiger partial charge in [-0.15, -0.1) is 11.3 Å². The van der Waals surface area contributed by atoms with E-state index < -0.39 is 10.0 Å². The molecule has 1 aromatic heterocycles. The van der Waals surface area contributed by atoms with E-state index in [1.54, 1.807) is 29.7 Å². The van der Waals surface area contributed by atoms with Gasteiger partial charge in [-0.2, -0.15) is 0 Å². The molecule has 0 radical (unpaired) electrons. The van der Waals surface area contributed by atoms with E-state index in [9.17, 15) is 8.42 Å². The van der Waals surface area contributed by atoms with E-state index in [0.29, 0.717) is 31.3 Å². The van der Waals surface area contributed by atoms with Gasteiger partial charge in [0.15, 0.2) is 16.6 Å². The predicted octanol–water partition coefficient (Wildman–Crippen LogP) is 1.47. The van der Waals surface area contributed by atoms with Crippen molar-refractivity contribution in [1.29, 1.82) is 0 Å².